The molecule has 0 aliphatic carbocycles. The molecule has 4 rings (SSSR count). The molecular weight excluding hydrogens is 342 g/mol. The van der Waals surface area contributed by atoms with Crippen LogP contribution >= 0.6 is 27.3 Å². The van der Waals surface area contributed by atoms with Crippen LogP contribution in [0.15, 0.2) is 53.0 Å². The van der Waals surface area contributed by atoms with Crippen LogP contribution in [0.1, 0.15) is 10.6 Å². The third-order valence-corrected chi connectivity index (χ3v) is 5.49. The second kappa shape index (κ2) is 4.72. The van der Waals surface area contributed by atoms with Gasteiger partial charge >= 0.3 is 0 Å². The number of nitrogens with zero attached hydrogens (tertiary/aromatic N) is 1. The third kappa shape index (κ3) is 2.03. The lowest BCUT2D eigenvalue weighted by molar-refractivity contribution is 1.05. The van der Waals surface area contributed by atoms with Crippen LogP contribution in [-0.2, 0) is 0 Å². The lowest BCUT2D eigenvalue weighted by atomic mass is 10.2. The maximum Gasteiger partial charge on any atom is 0.0545 e. The molecule has 2 aromatic carbocycles. The minimum absolute atomic E-state index is 1.11. The van der Waals surface area contributed by atoms with E-state index in [2.05, 4.69) is 82.9 Å². The Balaban J connectivity index is 2.07. The van der Waals surface area contributed by atoms with Crippen LogP contribution in [0.3, 0.4) is 0 Å². The van der Waals surface area contributed by atoms with Crippen molar-refractivity contribution in [1.82, 2.24) is 4.57 Å². The number of fused-ring (bicyclic) bond motifs is 3. The maximum absolute atomic E-state index is 3.50. The van der Waals surface area contributed by atoms with Crippen molar-refractivity contribution in [2.45, 2.75) is 13.8 Å². The molecule has 4 aromatic rings. The van der Waals surface area contributed by atoms with Gasteiger partial charge in [-0.25, -0.2) is 0 Å². The van der Waals surface area contributed by atoms with Crippen LogP contribution < -0.4 is 0 Å². The molecule has 0 saturated heterocycles. The highest BCUT2D eigenvalue weighted by Gasteiger charge is 2.11. The van der Waals surface area contributed by atoms with E-state index >= 15 is 0 Å². The molecule has 3 heteroatoms. The molecule has 0 bridgehead atoms. The van der Waals surface area contributed by atoms with Gasteiger partial charge in [0, 0.05) is 30.8 Å². The summed E-state index contributed by atoms with van der Waals surface area (Å²) in [6.07, 6.45) is 0. The molecular formula is C18H14BrNS. The van der Waals surface area contributed by atoms with Gasteiger partial charge < -0.3 is 4.57 Å². The minimum atomic E-state index is 1.11. The van der Waals surface area contributed by atoms with E-state index < -0.39 is 0 Å². The summed E-state index contributed by atoms with van der Waals surface area (Å²) in [4.78, 5) is 1.37. The van der Waals surface area contributed by atoms with Crippen molar-refractivity contribution in [1.29, 1.82) is 0 Å². The molecule has 0 aliphatic rings. The molecule has 104 valence electrons. The average Bonchev–Trinajstić information content (AvgIpc) is 2.98. The Labute approximate surface area is 136 Å². The fourth-order valence-electron chi connectivity index (χ4n) is 2.97. The van der Waals surface area contributed by atoms with Crippen molar-refractivity contribution in [2.24, 2.45) is 0 Å². The van der Waals surface area contributed by atoms with Gasteiger partial charge in [-0.05, 0) is 61.7 Å². The topological polar surface area (TPSA) is 4.93 Å². The number of halogens is 1. The second-order valence-corrected chi connectivity index (χ2v) is 7.54. The molecule has 0 atom stereocenters. The van der Waals surface area contributed by atoms with Crippen molar-refractivity contribution < 1.29 is 0 Å². The quantitative estimate of drug-likeness (QED) is 0.381. The van der Waals surface area contributed by atoms with Crippen molar-refractivity contribution >= 4 is 48.3 Å². The molecule has 2 aromatic heterocycles. The van der Waals surface area contributed by atoms with E-state index in [1.54, 1.807) is 0 Å². The van der Waals surface area contributed by atoms with E-state index in [4.69, 9.17) is 0 Å². The van der Waals surface area contributed by atoms with Gasteiger partial charge in [0.15, 0.2) is 0 Å². The van der Waals surface area contributed by atoms with Gasteiger partial charge in [0.2, 0.25) is 0 Å². The zero-order chi connectivity index (χ0) is 14.6. The van der Waals surface area contributed by atoms with Gasteiger partial charge in [-0.2, -0.15) is 0 Å². The molecule has 21 heavy (non-hydrogen) atoms. The second-order valence-electron chi connectivity index (χ2n) is 5.37. The highest BCUT2D eigenvalue weighted by atomic mass is 79.9. The predicted molar refractivity (Wildman–Crippen MR) is 95.8 cm³/mol. The van der Waals surface area contributed by atoms with Crippen LogP contribution in [0.25, 0.3) is 26.7 Å². The predicted octanol–water partition coefficient (Wildman–Crippen LogP) is 6.22. The molecule has 0 radical (unpaired) electrons. The Morgan fingerprint density at radius 3 is 2.48 bits per heavy atom. The van der Waals surface area contributed by atoms with Crippen molar-refractivity contribution in [3.63, 3.8) is 0 Å². The Morgan fingerprint density at radius 1 is 0.952 bits per heavy atom. The largest absolute Gasteiger partial charge is 0.314 e. The van der Waals surface area contributed by atoms with Gasteiger partial charge in [0.05, 0.1) is 5.52 Å². The first-order valence-corrected chi connectivity index (χ1v) is 8.51. The van der Waals surface area contributed by atoms with Crippen LogP contribution in [0.2, 0.25) is 0 Å². The van der Waals surface area contributed by atoms with E-state index in [1.165, 1.54) is 37.2 Å². The lowest BCUT2D eigenvalue weighted by Gasteiger charge is -2.08. The van der Waals surface area contributed by atoms with Crippen LogP contribution in [-0.4, -0.2) is 4.57 Å². The molecule has 0 amide bonds. The number of rotatable bonds is 1. The first-order chi connectivity index (χ1) is 10.1. The Morgan fingerprint density at radius 2 is 1.71 bits per heavy atom. The van der Waals surface area contributed by atoms with E-state index in [0.29, 0.717) is 0 Å². The minimum Gasteiger partial charge on any atom is -0.314 e. The van der Waals surface area contributed by atoms with Gasteiger partial charge in [-0.3, -0.25) is 0 Å². The highest BCUT2D eigenvalue weighted by Crippen LogP contribution is 2.35. The summed E-state index contributed by atoms with van der Waals surface area (Å²) in [5, 5.41) is 2.70. The fraction of sp³-hybridized carbons (Fsp3) is 0.111. The number of benzene rings is 2. The number of aryl methyl sites for hydroxylation is 2. The van der Waals surface area contributed by atoms with Gasteiger partial charge in [0.25, 0.3) is 0 Å². The summed E-state index contributed by atoms with van der Waals surface area (Å²) < 4.78 is 4.83. The van der Waals surface area contributed by atoms with Crippen LogP contribution in [0.4, 0.5) is 0 Å². The summed E-state index contributed by atoms with van der Waals surface area (Å²) >= 11 is 5.39. The van der Waals surface area contributed by atoms with Crippen molar-refractivity contribution in [3.8, 4) is 5.69 Å². The summed E-state index contributed by atoms with van der Waals surface area (Å²) in [5.74, 6) is 0. The lowest BCUT2D eigenvalue weighted by Crippen LogP contribution is -1.95. The SMILES string of the molecule is Cc1cc2ccc3c(cc(C)n3-c3ccc(Br)cc3)c2s1. The van der Waals surface area contributed by atoms with Crippen molar-refractivity contribution in [2.75, 3.05) is 0 Å². The Bertz CT molecular complexity index is 960. The highest BCUT2D eigenvalue weighted by molar-refractivity contribution is 9.10. The monoisotopic (exact) mass is 355 g/mol. The molecule has 2 heterocycles. The number of aromatic nitrogens is 1. The first-order valence-electron chi connectivity index (χ1n) is 6.90. The molecule has 1 nitrogen and oxygen atoms in total. The molecule has 0 spiro atoms. The maximum atomic E-state index is 3.50. The first kappa shape index (κ1) is 13.1. The summed E-state index contributed by atoms with van der Waals surface area (Å²) in [6.45, 7) is 4.35. The van der Waals surface area contributed by atoms with E-state index in [0.717, 1.165) is 4.47 Å². The Kier molecular flexibility index (Phi) is 2.95. The number of hydrogen-bond donors (Lipinski definition) is 0. The van der Waals surface area contributed by atoms with Crippen LogP contribution in [0.5, 0.6) is 0 Å². The zero-order valence-corrected chi connectivity index (χ0v) is 14.3. The van der Waals surface area contributed by atoms with Gasteiger partial charge in [-0.1, -0.05) is 22.0 Å². The normalized spacial score (nSPS) is 11.6. The molecule has 0 saturated carbocycles. The summed E-state index contributed by atoms with van der Waals surface area (Å²) in [5.41, 5.74) is 3.76. The van der Waals surface area contributed by atoms with Crippen LogP contribution in [0, 0.1) is 13.8 Å². The molecule has 0 aliphatic heterocycles. The fourth-order valence-corrected chi connectivity index (χ4v) is 4.26. The smallest absolute Gasteiger partial charge is 0.0545 e. The summed E-state index contributed by atoms with van der Waals surface area (Å²) in [6, 6.07) is 17.5. The Hall–Kier alpha value is -1.58. The van der Waals surface area contributed by atoms with E-state index in [9.17, 15) is 0 Å². The molecule has 0 unspecified atom stereocenters. The average molecular weight is 356 g/mol. The van der Waals surface area contributed by atoms with Crippen molar-refractivity contribution in [3.05, 3.63) is 63.6 Å². The number of hydrogen-bond acceptors (Lipinski definition) is 1. The standard InChI is InChI=1S/C18H14BrNS/c1-11-9-16-17(8-3-13-10-12(2)21-18(13)16)20(11)15-6-4-14(19)5-7-15/h3-10H,1-2H3. The van der Waals surface area contributed by atoms with Gasteiger partial charge in [-0.15, -0.1) is 11.3 Å². The summed E-state index contributed by atoms with van der Waals surface area (Å²) in [7, 11) is 0. The molecule has 0 fully saturated rings. The van der Waals surface area contributed by atoms with Gasteiger partial charge in [0.1, 0.15) is 0 Å². The van der Waals surface area contributed by atoms with E-state index in [1.807, 2.05) is 11.3 Å². The zero-order valence-electron chi connectivity index (χ0n) is 11.9. The number of thiophene rings is 1. The third-order valence-electron chi connectivity index (χ3n) is 3.86. The van der Waals surface area contributed by atoms with E-state index in [-0.39, 0.29) is 0 Å². The molecule has 0 N–H and O–H groups in total.